The number of halogens is 1. The molecule has 0 spiro atoms. The van der Waals surface area contributed by atoms with Gasteiger partial charge in [0.2, 0.25) is 0 Å². The lowest BCUT2D eigenvalue weighted by molar-refractivity contribution is 0.0634. The van der Waals surface area contributed by atoms with Crippen LogP contribution in [-0.2, 0) is 6.42 Å². The normalized spacial score (nSPS) is 19.1. The second-order valence-corrected chi connectivity index (χ2v) is 7.15. The van der Waals surface area contributed by atoms with Crippen molar-refractivity contribution in [1.29, 1.82) is 0 Å². The molecule has 1 fully saturated rings. The molecule has 3 heterocycles. The summed E-state index contributed by atoms with van der Waals surface area (Å²) in [4.78, 5) is 31.6. The molecule has 2 aromatic rings. The van der Waals surface area contributed by atoms with Crippen LogP contribution in [0.3, 0.4) is 0 Å². The number of hydrogen-bond acceptors (Lipinski definition) is 4. The highest BCUT2D eigenvalue weighted by Gasteiger charge is 2.34. The first-order valence-corrected chi connectivity index (χ1v) is 9.17. The van der Waals surface area contributed by atoms with E-state index in [-0.39, 0.29) is 11.9 Å². The van der Waals surface area contributed by atoms with Gasteiger partial charge in [-0.15, -0.1) is 0 Å². The maximum Gasteiger partial charge on any atom is 0.407 e. The van der Waals surface area contributed by atoms with E-state index in [2.05, 4.69) is 15.2 Å². The summed E-state index contributed by atoms with van der Waals surface area (Å²) in [5.41, 5.74) is 3.36. The fraction of sp³-hybridized carbons (Fsp3) is 0.316. The van der Waals surface area contributed by atoms with Crippen LogP contribution in [0, 0.1) is 0 Å². The summed E-state index contributed by atoms with van der Waals surface area (Å²) in [7, 11) is 0. The Morgan fingerprint density at radius 3 is 2.78 bits per heavy atom. The number of benzene rings is 1. The number of rotatable bonds is 2. The Kier molecular flexibility index (Phi) is 4.72. The Hall–Kier alpha value is -2.64. The first-order valence-electron chi connectivity index (χ1n) is 8.79. The molecule has 27 heavy (non-hydrogen) atoms. The number of nitrogens with zero attached hydrogens (tertiary/aromatic N) is 3. The number of anilines is 1. The third kappa shape index (κ3) is 3.61. The van der Waals surface area contributed by atoms with Crippen LogP contribution in [0.15, 0.2) is 36.5 Å². The van der Waals surface area contributed by atoms with E-state index in [4.69, 9.17) is 11.6 Å². The molecule has 2 aliphatic heterocycles. The SMILES string of the molecule is O=C(Nc1ccc(Cl)nc1)c1ccc2c(c1)CCN1CCN(C(=O)O)C[C@@H]21. The summed E-state index contributed by atoms with van der Waals surface area (Å²) in [6.45, 7) is 2.61. The van der Waals surface area contributed by atoms with E-state index in [9.17, 15) is 14.7 Å². The highest BCUT2D eigenvalue weighted by Crippen LogP contribution is 2.33. The molecule has 1 saturated heterocycles. The first kappa shape index (κ1) is 17.8. The molecule has 0 bridgehead atoms. The molecule has 0 saturated carbocycles. The number of carboxylic acid groups (broad SMARTS) is 1. The molecular weight excluding hydrogens is 368 g/mol. The van der Waals surface area contributed by atoms with E-state index < -0.39 is 6.09 Å². The molecule has 4 rings (SSSR count). The number of piperazine rings is 1. The highest BCUT2D eigenvalue weighted by molar-refractivity contribution is 6.29. The summed E-state index contributed by atoms with van der Waals surface area (Å²) in [5.74, 6) is -0.208. The second kappa shape index (κ2) is 7.17. The van der Waals surface area contributed by atoms with Crippen LogP contribution in [0.2, 0.25) is 5.15 Å². The molecule has 0 aliphatic carbocycles. The Labute approximate surface area is 161 Å². The third-order valence-electron chi connectivity index (χ3n) is 5.18. The van der Waals surface area contributed by atoms with Crippen LogP contribution in [0.1, 0.15) is 27.5 Å². The Bertz CT molecular complexity index is 887. The molecule has 1 aromatic heterocycles. The Morgan fingerprint density at radius 1 is 1.19 bits per heavy atom. The van der Waals surface area contributed by atoms with Crippen molar-refractivity contribution in [2.75, 3.05) is 31.5 Å². The highest BCUT2D eigenvalue weighted by atomic mass is 35.5. The largest absolute Gasteiger partial charge is 0.465 e. The van der Waals surface area contributed by atoms with Crippen LogP contribution in [0.25, 0.3) is 0 Å². The van der Waals surface area contributed by atoms with E-state index >= 15 is 0 Å². The van der Waals surface area contributed by atoms with Crippen LogP contribution in [0.5, 0.6) is 0 Å². The number of nitrogens with one attached hydrogen (secondary N) is 1. The van der Waals surface area contributed by atoms with Crippen molar-refractivity contribution in [3.8, 4) is 0 Å². The van der Waals surface area contributed by atoms with Crippen molar-refractivity contribution in [1.82, 2.24) is 14.8 Å². The van der Waals surface area contributed by atoms with Gasteiger partial charge in [-0.2, -0.15) is 0 Å². The maximum atomic E-state index is 12.5. The van der Waals surface area contributed by atoms with E-state index in [1.807, 2.05) is 12.1 Å². The topological polar surface area (TPSA) is 85.8 Å². The number of fused-ring (bicyclic) bond motifs is 3. The number of pyridine rings is 1. The number of aromatic nitrogens is 1. The average Bonchev–Trinajstić information content (AvgIpc) is 2.68. The zero-order chi connectivity index (χ0) is 19.0. The lowest BCUT2D eigenvalue weighted by Crippen LogP contribution is -2.52. The fourth-order valence-corrected chi connectivity index (χ4v) is 3.87. The van der Waals surface area contributed by atoms with Gasteiger partial charge < -0.3 is 15.3 Å². The van der Waals surface area contributed by atoms with Gasteiger partial charge in [0.15, 0.2) is 0 Å². The van der Waals surface area contributed by atoms with Gasteiger partial charge >= 0.3 is 6.09 Å². The monoisotopic (exact) mass is 386 g/mol. The Balaban J connectivity index is 1.54. The quantitative estimate of drug-likeness (QED) is 0.775. The fourth-order valence-electron chi connectivity index (χ4n) is 3.76. The average molecular weight is 387 g/mol. The maximum absolute atomic E-state index is 12.5. The summed E-state index contributed by atoms with van der Waals surface area (Å²) in [5, 5.41) is 12.5. The Morgan fingerprint density at radius 2 is 2.04 bits per heavy atom. The van der Waals surface area contributed by atoms with Gasteiger partial charge in [0.25, 0.3) is 5.91 Å². The molecular formula is C19H19ClN4O3. The van der Waals surface area contributed by atoms with Crippen LogP contribution >= 0.6 is 11.6 Å². The van der Waals surface area contributed by atoms with Gasteiger partial charge in [0.1, 0.15) is 5.15 Å². The summed E-state index contributed by atoms with van der Waals surface area (Å²) < 4.78 is 0. The van der Waals surface area contributed by atoms with E-state index in [1.165, 1.54) is 11.1 Å². The predicted octanol–water partition coefficient (Wildman–Crippen LogP) is 2.88. The number of amides is 2. The summed E-state index contributed by atoms with van der Waals surface area (Å²) in [6.07, 6.45) is 1.48. The van der Waals surface area contributed by atoms with E-state index in [0.717, 1.165) is 30.6 Å². The minimum atomic E-state index is -0.880. The zero-order valence-corrected chi connectivity index (χ0v) is 15.3. The van der Waals surface area contributed by atoms with Crippen molar-refractivity contribution in [2.45, 2.75) is 12.5 Å². The number of hydrogen-bond donors (Lipinski definition) is 2. The molecule has 7 nitrogen and oxygen atoms in total. The third-order valence-corrected chi connectivity index (χ3v) is 5.40. The van der Waals surface area contributed by atoms with E-state index in [1.54, 1.807) is 18.2 Å². The molecule has 140 valence electrons. The van der Waals surface area contributed by atoms with E-state index in [0.29, 0.717) is 29.5 Å². The zero-order valence-electron chi connectivity index (χ0n) is 14.6. The molecule has 0 unspecified atom stereocenters. The van der Waals surface area contributed by atoms with Crippen molar-refractivity contribution in [2.24, 2.45) is 0 Å². The minimum Gasteiger partial charge on any atom is -0.465 e. The molecule has 2 N–H and O–H groups in total. The lowest BCUT2D eigenvalue weighted by Gasteiger charge is -2.44. The van der Waals surface area contributed by atoms with Crippen molar-refractivity contribution >= 4 is 29.3 Å². The van der Waals surface area contributed by atoms with Gasteiger partial charge in [-0.3, -0.25) is 9.69 Å². The molecule has 2 aliphatic rings. The van der Waals surface area contributed by atoms with Gasteiger partial charge in [-0.05, 0) is 41.8 Å². The van der Waals surface area contributed by atoms with Crippen molar-refractivity contribution in [3.63, 3.8) is 0 Å². The van der Waals surface area contributed by atoms with Crippen molar-refractivity contribution < 1.29 is 14.7 Å². The molecule has 0 radical (unpaired) electrons. The number of carbonyl (C=O) groups excluding carboxylic acids is 1. The van der Waals surface area contributed by atoms with Crippen LogP contribution in [-0.4, -0.2) is 58.1 Å². The first-order chi connectivity index (χ1) is 13.0. The van der Waals surface area contributed by atoms with Gasteiger partial charge in [0.05, 0.1) is 17.9 Å². The summed E-state index contributed by atoms with van der Waals surface area (Å²) >= 11 is 5.76. The number of carbonyl (C=O) groups is 2. The smallest absolute Gasteiger partial charge is 0.407 e. The van der Waals surface area contributed by atoms with Crippen LogP contribution < -0.4 is 5.32 Å². The minimum absolute atomic E-state index is 0.0520. The molecule has 1 aromatic carbocycles. The standard InChI is InChI=1S/C19H19ClN4O3/c20-17-4-2-14(10-21-17)22-18(25)13-1-3-15-12(9-13)5-6-23-7-8-24(19(26)27)11-16(15)23/h1-4,9-10,16H,5-8,11H2,(H,22,25)(H,26,27)/t16-/m0/s1. The molecule has 1 atom stereocenters. The van der Waals surface area contributed by atoms with Gasteiger partial charge in [-0.1, -0.05) is 17.7 Å². The van der Waals surface area contributed by atoms with Crippen LogP contribution in [0.4, 0.5) is 10.5 Å². The van der Waals surface area contributed by atoms with Crippen molar-refractivity contribution in [3.05, 3.63) is 58.4 Å². The predicted molar refractivity (Wildman–Crippen MR) is 101 cm³/mol. The lowest BCUT2D eigenvalue weighted by atomic mass is 9.89. The molecule has 2 amide bonds. The summed E-state index contributed by atoms with van der Waals surface area (Å²) in [6, 6.07) is 9.02. The molecule has 8 heteroatoms. The second-order valence-electron chi connectivity index (χ2n) is 6.77. The van der Waals surface area contributed by atoms with Gasteiger partial charge in [-0.25, -0.2) is 9.78 Å². The van der Waals surface area contributed by atoms with Gasteiger partial charge in [0, 0.05) is 31.7 Å².